The van der Waals surface area contributed by atoms with Crippen molar-refractivity contribution < 1.29 is 4.79 Å². The van der Waals surface area contributed by atoms with Gasteiger partial charge in [-0.2, -0.15) is 0 Å². The van der Waals surface area contributed by atoms with Crippen molar-refractivity contribution in [1.29, 1.82) is 0 Å². The van der Waals surface area contributed by atoms with Gasteiger partial charge in [-0.1, -0.05) is 19.3 Å². The van der Waals surface area contributed by atoms with Crippen LogP contribution in [-0.4, -0.2) is 29.8 Å². The summed E-state index contributed by atoms with van der Waals surface area (Å²) in [5.74, 6) is 0.497. The first kappa shape index (κ1) is 10.2. The van der Waals surface area contributed by atoms with Crippen LogP contribution in [0.2, 0.25) is 0 Å². The molecule has 0 aromatic heterocycles. The third kappa shape index (κ3) is 2.00. The molecule has 80 valence electrons. The molecule has 0 aromatic rings. The normalized spacial score (nSPS) is 30.1. The Hall–Kier alpha value is -0.370. The molecule has 0 aliphatic heterocycles. The van der Waals surface area contributed by atoms with Crippen molar-refractivity contribution >= 4 is 5.78 Å². The fraction of sp³-hybridized carbons (Fsp3) is 0.917. The van der Waals surface area contributed by atoms with Crippen molar-refractivity contribution in [3.05, 3.63) is 0 Å². The lowest BCUT2D eigenvalue weighted by Gasteiger charge is -2.39. The van der Waals surface area contributed by atoms with E-state index in [4.69, 9.17) is 0 Å². The first-order valence-electron chi connectivity index (χ1n) is 6.03. The van der Waals surface area contributed by atoms with E-state index in [0.717, 1.165) is 19.3 Å². The Morgan fingerprint density at radius 3 is 2.50 bits per heavy atom. The third-order valence-corrected chi connectivity index (χ3v) is 3.91. The minimum atomic E-state index is 0.253. The predicted molar refractivity (Wildman–Crippen MR) is 57.3 cm³/mol. The quantitative estimate of drug-likeness (QED) is 0.630. The number of carbonyl (C=O) groups is 1. The molecular formula is C12H21NO. The average molecular weight is 195 g/mol. The van der Waals surface area contributed by atoms with Gasteiger partial charge < -0.3 is 0 Å². The highest BCUT2D eigenvalue weighted by molar-refractivity contribution is 5.84. The Kier molecular flexibility index (Phi) is 3.22. The maximum atomic E-state index is 11.9. The number of nitrogens with zero attached hydrogens (tertiary/aromatic N) is 1. The number of carbonyl (C=O) groups excluding carboxylic acids is 1. The lowest BCUT2D eigenvalue weighted by atomic mass is 9.89. The van der Waals surface area contributed by atoms with Crippen molar-refractivity contribution in [2.75, 3.05) is 7.05 Å². The fourth-order valence-electron chi connectivity index (χ4n) is 2.62. The lowest BCUT2D eigenvalue weighted by molar-refractivity contribution is -0.125. The molecule has 1 atom stereocenters. The maximum absolute atomic E-state index is 11.9. The molecule has 0 bridgehead atoms. The van der Waals surface area contributed by atoms with Gasteiger partial charge in [0.2, 0.25) is 0 Å². The standard InChI is InChI=1S/C12H21NO/c1-13(10-6-5-7-10)11-8-3-2-4-9-12(11)14/h10-11H,2-9H2,1H3. The van der Waals surface area contributed by atoms with Gasteiger partial charge in [-0.3, -0.25) is 9.69 Å². The summed E-state index contributed by atoms with van der Waals surface area (Å²) in [4.78, 5) is 14.2. The van der Waals surface area contributed by atoms with E-state index in [1.165, 1.54) is 32.1 Å². The van der Waals surface area contributed by atoms with Crippen LogP contribution in [0, 0.1) is 0 Å². The lowest BCUT2D eigenvalue weighted by Crippen LogP contribution is -2.47. The summed E-state index contributed by atoms with van der Waals surface area (Å²) >= 11 is 0. The summed E-state index contributed by atoms with van der Waals surface area (Å²) in [5, 5.41) is 0. The topological polar surface area (TPSA) is 20.3 Å². The number of likely N-dealkylation sites (N-methyl/N-ethyl adjacent to an activating group) is 1. The molecule has 2 saturated carbocycles. The Labute approximate surface area is 86.7 Å². The molecule has 1 unspecified atom stereocenters. The van der Waals surface area contributed by atoms with Crippen LogP contribution in [-0.2, 0) is 4.79 Å². The second-order valence-corrected chi connectivity index (χ2v) is 4.83. The smallest absolute Gasteiger partial charge is 0.149 e. The Morgan fingerprint density at radius 2 is 1.86 bits per heavy atom. The molecule has 2 rings (SSSR count). The fourth-order valence-corrected chi connectivity index (χ4v) is 2.62. The van der Waals surface area contributed by atoms with Crippen molar-refractivity contribution in [1.82, 2.24) is 4.90 Å². The molecule has 0 amide bonds. The highest BCUT2D eigenvalue weighted by Gasteiger charge is 2.31. The van der Waals surface area contributed by atoms with Crippen LogP contribution in [0.1, 0.15) is 51.4 Å². The van der Waals surface area contributed by atoms with Gasteiger partial charge in [0.25, 0.3) is 0 Å². The van der Waals surface area contributed by atoms with Gasteiger partial charge in [-0.25, -0.2) is 0 Å². The molecule has 0 N–H and O–H groups in total. The molecule has 14 heavy (non-hydrogen) atoms. The highest BCUT2D eigenvalue weighted by atomic mass is 16.1. The van der Waals surface area contributed by atoms with Gasteiger partial charge >= 0.3 is 0 Å². The second kappa shape index (κ2) is 4.43. The predicted octanol–water partition coefficient (Wildman–Crippen LogP) is 2.37. The number of ketones is 1. The van der Waals surface area contributed by atoms with E-state index in [2.05, 4.69) is 11.9 Å². The summed E-state index contributed by atoms with van der Waals surface area (Å²) < 4.78 is 0. The Morgan fingerprint density at radius 1 is 1.07 bits per heavy atom. The summed E-state index contributed by atoms with van der Waals surface area (Å²) in [6, 6.07) is 0.963. The SMILES string of the molecule is CN(C1CCC1)C1CCCCCC1=O. The maximum Gasteiger partial charge on any atom is 0.149 e. The van der Waals surface area contributed by atoms with Crippen LogP contribution >= 0.6 is 0 Å². The van der Waals surface area contributed by atoms with Crippen LogP contribution in [0.15, 0.2) is 0 Å². The first-order valence-corrected chi connectivity index (χ1v) is 6.03. The summed E-state index contributed by atoms with van der Waals surface area (Å²) in [5.41, 5.74) is 0. The van der Waals surface area contributed by atoms with Crippen LogP contribution < -0.4 is 0 Å². The van der Waals surface area contributed by atoms with Gasteiger partial charge in [-0.15, -0.1) is 0 Å². The van der Waals surface area contributed by atoms with Gasteiger partial charge in [0.15, 0.2) is 0 Å². The zero-order valence-electron chi connectivity index (χ0n) is 9.17. The van der Waals surface area contributed by atoms with Crippen molar-refractivity contribution in [2.45, 2.75) is 63.5 Å². The molecule has 0 heterocycles. The number of hydrogen-bond donors (Lipinski definition) is 0. The van der Waals surface area contributed by atoms with Crippen LogP contribution in [0.25, 0.3) is 0 Å². The number of hydrogen-bond acceptors (Lipinski definition) is 2. The molecule has 0 aromatic carbocycles. The van der Waals surface area contributed by atoms with E-state index in [1.54, 1.807) is 0 Å². The molecule has 0 saturated heterocycles. The highest BCUT2D eigenvalue weighted by Crippen LogP contribution is 2.28. The molecule has 2 fully saturated rings. The first-order chi connectivity index (χ1) is 6.79. The molecular weight excluding hydrogens is 174 g/mol. The van der Waals surface area contributed by atoms with Crippen LogP contribution in [0.4, 0.5) is 0 Å². The van der Waals surface area contributed by atoms with Crippen molar-refractivity contribution in [3.63, 3.8) is 0 Å². The van der Waals surface area contributed by atoms with Crippen LogP contribution in [0.5, 0.6) is 0 Å². The van der Waals surface area contributed by atoms with Crippen molar-refractivity contribution in [3.8, 4) is 0 Å². The van der Waals surface area contributed by atoms with E-state index >= 15 is 0 Å². The zero-order chi connectivity index (χ0) is 9.97. The van der Waals surface area contributed by atoms with Gasteiger partial charge in [0.1, 0.15) is 5.78 Å². The van der Waals surface area contributed by atoms with Gasteiger partial charge in [0.05, 0.1) is 6.04 Å². The van der Waals surface area contributed by atoms with Gasteiger partial charge in [0, 0.05) is 12.5 Å². The number of Topliss-reactive ketones (excluding diaryl/α,β-unsaturated/α-hetero) is 1. The number of rotatable bonds is 2. The van der Waals surface area contributed by atoms with Crippen LogP contribution in [0.3, 0.4) is 0 Å². The minimum Gasteiger partial charge on any atom is -0.298 e. The van der Waals surface area contributed by atoms with E-state index in [0.29, 0.717) is 11.8 Å². The molecule has 2 nitrogen and oxygen atoms in total. The summed E-state index contributed by atoms with van der Waals surface area (Å²) in [6.45, 7) is 0. The van der Waals surface area contributed by atoms with E-state index in [1.807, 2.05) is 0 Å². The molecule has 2 heteroatoms. The molecule has 0 spiro atoms. The molecule has 2 aliphatic carbocycles. The molecule has 0 radical (unpaired) electrons. The minimum absolute atomic E-state index is 0.253. The third-order valence-electron chi connectivity index (χ3n) is 3.91. The second-order valence-electron chi connectivity index (χ2n) is 4.83. The average Bonchev–Trinajstić information content (AvgIpc) is 2.26. The van der Waals surface area contributed by atoms with Crippen molar-refractivity contribution in [2.24, 2.45) is 0 Å². The van der Waals surface area contributed by atoms with E-state index in [-0.39, 0.29) is 6.04 Å². The largest absolute Gasteiger partial charge is 0.298 e. The zero-order valence-corrected chi connectivity index (χ0v) is 9.17. The van der Waals surface area contributed by atoms with E-state index in [9.17, 15) is 4.79 Å². The Bertz CT molecular complexity index is 210. The van der Waals surface area contributed by atoms with Gasteiger partial charge in [-0.05, 0) is 32.7 Å². The monoisotopic (exact) mass is 195 g/mol. The molecule has 2 aliphatic rings. The van der Waals surface area contributed by atoms with E-state index < -0.39 is 0 Å². The summed E-state index contributed by atoms with van der Waals surface area (Å²) in [6.07, 6.45) is 9.51. The summed E-state index contributed by atoms with van der Waals surface area (Å²) in [7, 11) is 2.15. The Balaban J connectivity index is 1.95.